The fraction of sp³-hybridized carbons (Fsp3) is 0.0833. The summed E-state index contributed by atoms with van der Waals surface area (Å²) in [6.07, 6.45) is 2.86. The summed E-state index contributed by atoms with van der Waals surface area (Å²) < 4.78 is 28.6. The van der Waals surface area contributed by atoms with E-state index in [2.05, 4.69) is 9.71 Å². The van der Waals surface area contributed by atoms with Crippen molar-refractivity contribution in [2.75, 3.05) is 4.72 Å². The molecule has 6 nitrogen and oxygen atoms in total. The zero-order valence-electron chi connectivity index (χ0n) is 16.5. The number of fused-ring (bicyclic) bond motifs is 1. The third-order valence-corrected chi connectivity index (χ3v) is 6.35. The van der Waals surface area contributed by atoms with E-state index in [1.54, 1.807) is 54.7 Å². The Kier molecular flexibility index (Phi) is 5.68. The van der Waals surface area contributed by atoms with Crippen LogP contribution in [-0.2, 0) is 22.9 Å². The lowest BCUT2D eigenvalue weighted by Crippen LogP contribution is -2.14. The van der Waals surface area contributed by atoms with Crippen molar-refractivity contribution >= 4 is 32.6 Å². The Morgan fingerprint density at radius 2 is 1.55 bits per heavy atom. The molecule has 4 aromatic rings. The smallest absolute Gasteiger partial charge is 0.335 e. The molecule has 3 aromatic carbocycles. The van der Waals surface area contributed by atoms with E-state index in [4.69, 9.17) is 5.11 Å². The summed E-state index contributed by atoms with van der Waals surface area (Å²) in [5.74, 6) is -0.957. The number of para-hydroxylation sites is 1. The lowest BCUT2D eigenvalue weighted by molar-refractivity contribution is 0.0696. The van der Waals surface area contributed by atoms with E-state index >= 15 is 0 Å². The van der Waals surface area contributed by atoms with E-state index in [1.807, 2.05) is 24.3 Å². The molecule has 156 valence electrons. The number of pyridine rings is 1. The number of carbonyl (C=O) groups is 1. The van der Waals surface area contributed by atoms with Crippen LogP contribution in [0.25, 0.3) is 10.9 Å². The summed E-state index contributed by atoms with van der Waals surface area (Å²) in [5, 5.41) is 9.88. The van der Waals surface area contributed by atoms with Crippen LogP contribution in [-0.4, -0.2) is 24.5 Å². The Hall–Kier alpha value is -3.71. The maximum Gasteiger partial charge on any atom is 0.335 e. The molecule has 0 aliphatic carbocycles. The van der Waals surface area contributed by atoms with Crippen LogP contribution >= 0.6 is 0 Å². The minimum Gasteiger partial charge on any atom is -0.478 e. The number of carboxylic acids is 1. The zero-order chi connectivity index (χ0) is 21.8. The molecule has 0 saturated carbocycles. The number of nitrogens with one attached hydrogen (secondary N) is 1. The third-order valence-electron chi connectivity index (χ3n) is 4.94. The number of hydrogen-bond donors (Lipinski definition) is 2. The van der Waals surface area contributed by atoms with E-state index in [-0.39, 0.29) is 10.5 Å². The number of anilines is 1. The van der Waals surface area contributed by atoms with Gasteiger partial charge in [0.1, 0.15) is 4.90 Å². The first kappa shape index (κ1) is 20.6. The molecular formula is C24H20N2O4S. The Bertz CT molecular complexity index is 1360. The van der Waals surface area contributed by atoms with Gasteiger partial charge in [-0.05, 0) is 60.4 Å². The molecule has 0 saturated heterocycles. The van der Waals surface area contributed by atoms with Crippen LogP contribution < -0.4 is 4.72 Å². The molecular weight excluding hydrogens is 412 g/mol. The van der Waals surface area contributed by atoms with Gasteiger partial charge in [0.05, 0.1) is 11.1 Å². The maximum atomic E-state index is 13.0. The van der Waals surface area contributed by atoms with Gasteiger partial charge >= 0.3 is 5.97 Å². The third kappa shape index (κ3) is 4.73. The number of sulfonamides is 1. The molecule has 7 heteroatoms. The molecule has 1 aromatic heterocycles. The number of rotatable bonds is 7. The van der Waals surface area contributed by atoms with E-state index in [9.17, 15) is 13.2 Å². The standard InChI is InChI=1S/C24H20N2O4S/c27-24(28)20-8-1-5-17(15-20)12-13-18-6-2-10-21(16-18)26-31(29,30)22-11-3-7-19-9-4-14-25-23(19)22/h1-11,14-16,26H,12-13H2,(H,27,28). The molecule has 4 rings (SSSR count). The first-order valence-corrected chi connectivity index (χ1v) is 11.2. The number of nitrogens with zero attached hydrogens (tertiary/aromatic N) is 1. The maximum absolute atomic E-state index is 13.0. The van der Waals surface area contributed by atoms with Crippen molar-refractivity contribution in [2.45, 2.75) is 17.7 Å². The Morgan fingerprint density at radius 3 is 2.32 bits per heavy atom. The van der Waals surface area contributed by atoms with Gasteiger partial charge in [-0.25, -0.2) is 13.2 Å². The second kappa shape index (κ2) is 8.57. The van der Waals surface area contributed by atoms with Crippen molar-refractivity contribution in [3.63, 3.8) is 0 Å². The van der Waals surface area contributed by atoms with Crippen molar-refractivity contribution in [3.8, 4) is 0 Å². The van der Waals surface area contributed by atoms with Crippen molar-refractivity contribution in [1.82, 2.24) is 4.98 Å². The van der Waals surface area contributed by atoms with Crippen LogP contribution in [0.3, 0.4) is 0 Å². The topological polar surface area (TPSA) is 96.4 Å². The number of aryl methyl sites for hydroxylation is 2. The Labute approximate surface area is 180 Å². The summed E-state index contributed by atoms with van der Waals surface area (Å²) in [6, 6.07) is 22.7. The van der Waals surface area contributed by atoms with E-state index in [0.717, 1.165) is 16.5 Å². The van der Waals surface area contributed by atoms with Crippen LogP contribution in [0.2, 0.25) is 0 Å². The molecule has 0 unspecified atom stereocenters. The molecule has 0 amide bonds. The molecule has 0 radical (unpaired) electrons. The highest BCUT2D eigenvalue weighted by Gasteiger charge is 2.18. The fourth-order valence-corrected chi connectivity index (χ4v) is 4.67. The van der Waals surface area contributed by atoms with Crippen molar-refractivity contribution in [1.29, 1.82) is 0 Å². The minimum atomic E-state index is -3.82. The molecule has 0 atom stereocenters. The van der Waals surface area contributed by atoms with Crippen LogP contribution in [0.5, 0.6) is 0 Å². The number of aromatic carboxylic acids is 1. The predicted molar refractivity (Wildman–Crippen MR) is 120 cm³/mol. The lowest BCUT2D eigenvalue weighted by Gasteiger charge is -2.11. The Balaban J connectivity index is 1.53. The predicted octanol–water partition coefficient (Wildman–Crippen LogP) is 4.52. The van der Waals surface area contributed by atoms with Crippen molar-refractivity contribution < 1.29 is 18.3 Å². The molecule has 31 heavy (non-hydrogen) atoms. The molecule has 0 bridgehead atoms. The number of carboxylic acid groups (broad SMARTS) is 1. The second-order valence-corrected chi connectivity index (χ2v) is 8.79. The van der Waals surface area contributed by atoms with Gasteiger partial charge in [0.15, 0.2) is 0 Å². The summed E-state index contributed by atoms with van der Waals surface area (Å²) in [4.78, 5) is 15.5. The van der Waals surface area contributed by atoms with E-state index in [0.29, 0.717) is 24.0 Å². The molecule has 0 spiro atoms. The van der Waals surface area contributed by atoms with Crippen molar-refractivity contribution in [3.05, 3.63) is 102 Å². The summed E-state index contributed by atoms with van der Waals surface area (Å²) in [7, 11) is -3.82. The van der Waals surface area contributed by atoms with Gasteiger partial charge in [0.25, 0.3) is 10.0 Å². The first-order valence-electron chi connectivity index (χ1n) is 9.70. The molecule has 0 aliphatic heterocycles. The highest BCUT2D eigenvalue weighted by molar-refractivity contribution is 7.93. The molecule has 1 heterocycles. The first-order chi connectivity index (χ1) is 14.9. The summed E-state index contributed by atoms with van der Waals surface area (Å²) in [5.41, 5.74) is 2.99. The normalized spacial score (nSPS) is 11.4. The van der Waals surface area contributed by atoms with Gasteiger partial charge in [-0.3, -0.25) is 9.71 Å². The second-order valence-electron chi connectivity index (χ2n) is 7.14. The monoisotopic (exact) mass is 432 g/mol. The van der Waals surface area contributed by atoms with E-state index in [1.165, 1.54) is 6.07 Å². The zero-order valence-corrected chi connectivity index (χ0v) is 17.3. The van der Waals surface area contributed by atoms with Gasteiger partial charge in [0.2, 0.25) is 0 Å². The lowest BCUT2D eigenvalue weighted by atomic mass is 10.0. The fourth-order valence-electron chi connectivity index (χ4n) is 3.44. The van der Waals surface area contributed by atoms with Gasteiger partial charge in [-0.15, -0.1) is 0 Å². The van der Waals surface area contributed by atoms with Gasteiger partial charge in [-0.1, -0.05) is 42.5 Å². The van der Waals surface area contributed by atoms with E-state index < -0.39 is 16.0 Å². The highest BCUT2D eigenvalue weighted by atomic mass is 32.2. The van der Waals surface area contributed by atoms with Crippen molar-refractivity contribution in [2.24, 2.45) is 0 Å². The van der Waals surface area contributed by atoms with Crippen LogP contribution in [0.1, 0.15) is 21.5 Å². The number of hydrogen-bond acceptors (Lipinski definition) is 4. The van der Waals surface area contributed by atoms with Crippen LogP contribution in [0.15, 0.2) is 90.0 Å². The molecule has 0 fully saturated rings. The highest BCUT2D eigenvalue weighted by Crippen LogP contribution is 2.24. The summed E-state index contributed by atoms with van der Waals surface area (Å²) in [6.45, 7) is 0. The molecule has 0 aliphatic rings. The number of benzene rings is 3. The van der Waals surface area contributed by atoms with Gasteiger partial charge in [-0.2, -0.15) is 0 Å². The van der Waals surface area contributed by atoms with Gasteiger partial charge < -0.3 is 5.11 Å². The minimum absolute atomic E-state index is 0.126. The average molecular weight is 433 g/mol. The van der Waals surface area contributed by atoms with Crippen LogP contribution in [0.4, 0.5) is 5.69 Å². The quantitative estimate of drug-likeness (QED) is 0.448. The largest absolute Gasteiger partial charge is 0.478 e. The summed E-state index contributed by atoms with van der Waals surface area (Å²) >= 11 is 0. The Morgan fingerprint density at radius 1 is 0.871 bits per heavy atom. The number of aromatic nitrogens is 1. The van der Waals surface area contributed by atoms with Gasteiger partial charge in [0, 0.05) is 17.3 Å². The SMILES string of the molecule is O=C(O)c1cccc(CCc2cccc(NS(=O)(=O)c3cccc4cccnc34)c2)c1. The van der Waals surface area contributed by atoms with Crippen LogP contribution in [0, 0.1) is 0 Å². The average Bonchev–Trinajstić information content (AvgIpc) is 2.77. The molecule has 2 N–H and O–H groups in total.